The highest BCUT2D eigenvalue weighted by Crippen LogP contribution is 2.18. The lowest BCUT2D eigenvalue weighted by molar-refractivity contribution is -0.116. The summed E-state index contributed by atoms with van der Waals surface area (Å²) in [6, 6.07) is 9.73. The number of ether oxygens (including phenoxy) is 1. The van der Waals surface area contributed by atoms with Crippen molar-refractivity contribution in [1.82, 2.24) is 14.1 Å². The fourth-order valence-electron chi connectivity index (χ4n) is 2.80. The highest BCUT2D eigenvalue weighted by Gasteiger charge is 2.23. The van der Waals surface area contributed by atoms with Gasteiger partial charge in [-0.25, -0.2) is 13.1 Å². The van der Waals surface area contributed by atoms with E-state index < -0.39 is 15.9 Å². The van der Waals surface area contributed by atoms with E-state index in [0.717, 1.165) is 17.3 Å². The predicted octanol–water partition coefficient (Wildman–Crippen LogP) is 1.18. The van der Waals surface area contributed by atoms with E-state index in [4.69, 9.17) is 4.74 Å². The zero-order valence-corrected chi connectivity index (χ0v) is 15.4. The average Bonchev–Trinajstić information content (AvgIpc) is 3.28. The van der Waals surface area contributed by atoms with Crippen molar-refractivity contribution in [3.8, 4) is 0 Å². The van der Waals surface area contributed by atoms with Crippen LogP contribution in [0.2, 0.25) is 0 Å². The summed E-state index contributed by atoms with van der Waals surface area (Å²) in [5, 5.41) is 6.96. The van der Waals surface area contributed by atoms with Gasteiger partial charge >= 0.3 is 0 Å². The topological polar surface area (TPSA) is 93.5 Å². The lowest BCUT2D eigenvalue weighted by Gasteiger charge is -2.17. The minimum Gasteiger partial charge on any atom is -0.381 e. The van der Waals surface area contributed by atoms with Crippen molar-refractivity contribution in [2.45, 2.75) is 17.9 Å². The Morgan fingerprint density at radius 2 is 2.12 bits per heavy atom. The van der Waals surface area contributed by atoms with E-state index in [1.807, 2.05) is 0 Å². The molecule has 140 valence electrons. The molecule has 9 heteroatoms. The molecule has 1 saturated heterocycles. The summed E-state index contributed by atoms with van der Waals surface area (Å²) in [7, 11) is -2.32. The Morgan fingerprint density at radius 1 is 1.35 bits per heavy atom. The van der Waals surface area contributed by atoms with E-state index >= 15 is 0 Å². The van der Waals surface area contributed by atoms with Gasteiger partial charge < -0.3 is 10.1 Å². The van der Waals surface area contributed by atoms with Gasteiger partial charge in [0, 0.05) is 32.2 Å². The second-order valence-corrected chi connectivity index (χ2v) is 8.30. The van der Waals surface area contributed by atoms with Crippen molar-refractivity contribution in [2.75, 3.05) is 32.1 Å². The molecule has 1 amide bonds. The van der Waals surface area contributed by atoms with Gasteiger partial charge in [-0.2, -0.15) is 9.40 Å². The molecule has 1 atom stereocenters. The number of likely N-dealkylation sites (N-methyl/N-ethyl adjacent to an activating group) is 1. The molecule has 0 saturated carbocycles. The number of nitrogens with zero attached hydrogens (tertiary/aromatic N) is 3. The molecule has 1 aromatic carbocycles. The number of rotatable bonds is 7. The maximum atomic E-state index is 12.5. The number of hydrogen-bond acceptors (Lipinski definition) is 5. The number of sulfonamides is 1. The van der Waals surface area contributed by atoms with Crippen molar-refractivity contribution in [3.05, 3.63) is 42.6 Å². The zero-order valence-electron chi connectivity index (χ0n) is 14.5. The first-order valence-corrected chi connectivity index (χ1v) is 9.81. The third-order valence-corrected chi connectivity index (χ3v) is 6.07. The minimum absolute atomic E-state index is 0.154. The third kappa shape index (κ3) is 4.29. The van der Waals surface area contributed by atoms with Gasteiger partial charge in [0.25, 0.3) is 0 Å². The highest BCUT2D eigenvalue weighted by molar-refractivity contribution is 7.89. The van der Waals surface area contributed by atoms with Crippen molar-refractivity contribution in [3.63, 3.8) is 0 Å². The van der Waals surface area contributed by atoms with E-state index in [1.165, 1.54) is 19.2 Å². The maximum absolute atomic E-state index is 12.5. The van der Waals surface area contributed by atoms with Crippen LogP contribution in [0.4, 0.5) is 5.82 Å². The second-order valence-electron chi connectivity index (χ2n) is 6.25. The van der Waals surface area contributed by atoms with Crippen LogP contribution in [0, 0.1) is 5.92 Å². The SMILES string of the molecule is CN(CC(=O)Nc1ccnn1C[C@H]1CCOC1)S(=O)(=O)c1ccccc1. The largest absolute Gasteiger partial charge is 0.381 e. The first-order valence-electron chi connectivity index (χ1n) is 8.37. The van der Waals surface area contributed by atoms with Crippen LogP contribution in [0.25, 0.3) is 0 Å². The van der Waals surface area contributed by atoms with E-state index in [1.54, 1.807) is 35.1 Å². The fourth-order valence-corrected chi connectivity index (χ4v) is 3.95. The van der Waals surface area contributed by atoms with Crippen LogP contribution in [0.5, 0.6) is 0 Å². The van der Waals surface area contributed by atoms with Gasteiger partial charge in [0.15, 0.2) is 0 Å². The van der Waals surface area contributed by atoms with Gasteiger partial charge in [-0.1, -0.05) is 18.2 Å². The number of benzene rings is 1. The molecule has 0 bridgehead atoms. The Morgan fingerprint density at radius 3 is 2.81 bits per heavy atom. The molecule has 2 aromatic rings. The van der Waals surface area contributed by atoms with Crippen molar-refractivity contribution >= 4 is 21.7 Å². The molecule has 0 aliphatic carbocycles. The van der Waals surface area contributed by atoms with Crippen LogP contribution in [0.1, 0.15) is 6.42 Å². The third-order valence-electron chi connectivity index (χ3n) is 4.26. The normalized spacial score (nSPS) is 17.5. The molecule has 1 N–H and O–H groups in total. The monoisotopic (exact) mass is 378 g/mol. The summed E-state index contributed by atoms with van der Waals surface area (Å²) in [5.41, 5.74) is 0. The van der Waals surface area contributed by atoms with E-state index in [-0.39, 0.29) is 11.4 Å². The number of aromatic nitrogens is 2. The quantitative estimate of drug-likeness (QED) is 0.781. The summed E-state index contributed by atoms with van der Waals surface area (Å²) < 4.78 is 33.1. The Kier molecular flexibility index (Phi) is 5.70. The van der Waals surface area contributed by atoms with Gasteiger partial charge in [0.2, 0.25) is 15.9 Å². The van der Waals surface area contributed by atoms with Crippen LogP contribution >= 0.6 is 0 Å². The molecule has 1 aliphatic rings. The summed E-state index contributed by atoms with van der Waals surface area (Å²) in [6.07, 6.45) is 2.57. The minimum atomic E-state index is -3.71. The Bertz CT molecular complexity index is 845. The van der Waals surface area contributed by atoms with Crippen LogP contribution in [0.15, 0.2) is 47.5 Å². The van der Waals surface area contributed by atoms with Crippen LogP contribution < -0.4 is 5.32 Å². The molecule has 3 rings (SSSR count). The van der Waals surface area contributed by atoms with Crippen molar-refractivity contribution in [1.29, 1.82) is 0 Å². The van der Waals surface area contributed by atoms with Crippen molar-refractivity contribution < 1.29 is 17.9 Å². The highest BCUT2D eigenvalue weighted by atomic mass is 32.2. The molecular formula is C17H22N4O4S. The Hall–Kier alpha value is -2.23. The first kappa shape index (κ1) is 18.6. The molecule has 26 heavy (non-hydrogen) atoms. The summed E-state index contributed by atoms with van der Waals surface area (Å²) in [6.45, 7) is 1.80. The number of hydrogen-bond donors (Lipinski definition) is 1. The van der Waals surface area contributed by atoms with Crippen LogP contribution in [-0.2, 0) is 26.1 Å². The van der Waals surface area contributed by atoms with Gasteiger partial charge in [-0.3, -0.25) is 4.79 Å². The molecule has 2 heterocycles. The molecule has 1 aromatic heterocycles. The Labute approximate surface area is 152 Å². The molecule has 1 aliphatic heterocycles. The molecule has 1 fully saturated rings. The first-order chi connectivity index (χ1) is 12.5. The second kappa shape index (κ2) is 7.98. The lowest BCUT2D eigenvalue weighted by Crippen LogP contribution is -2.35. The van der Waals surface area contributed by atoms with Gasteiger partial charge in [-0.15, -0.1) is 0 Å². The molecule has 0 spiro atoms. The van der Waals surface area contributed by atoms with Gasteiger partial charge in [0.1, 0.15) is 5.82 Å². The maximum Gasteiger partial charge on any atom is 0.243 e. The van der Waals surface area contributed by atoms with Gasteiger partial charge in [-0.05, 0) is 18.6 Å². The number of carbonyl (C=O) groups excluding carboxylic acids is 1. The standard InChI is InChI=1S/C17H22N4O4S/c1-20(26(23,24)15-5-3-2-4-6-15)12-17(22)19-16-7-9-18-21(16)11-14-8-10-25-13-14/h2-7,9,14H,8,10-13H2,1H3,(H,19,22)/t14-/m1/s1. The van der Waals surface area contributed by atoms with Gasteiger partial charge in [0.05, 0.1) is 24.2 Å². The number of amides is 1. The number of anilines is 1. The smallest absolute Gasteiger partial charge is 0.243 e. The van der Waals surface area contributed by atoms with E-state index in [0.29, 0.717) is 24.9 Å². The molecule has 0 radical (unpaired) electrons. The number of carbonyl (C=O) groups is 1. The predicted molar refractivity (Wildman–Crippen MR) is 96.0 cm³/mol. The van der Waals surface area contributed by atoms with Crippen LogP contribution in [0.3, 0.4) is 0 Å². The lowest BCUT2D eigenvalue weighted by atomic mass is 10.1. The zero-order chi connectivity index (χ0) is 18.6. The summed E-state index contributed by atoms with van der Waals surface area (Å²) in [4.78, 5) is 12.5. The Balaban J connectivity index is 1.61. The van der Waals surface area contributed by atoms with Crippen molar-refractivity contribution in [2.24, 2.45) is 5.92 Å². The average molecular weight is 378 g/mol. The summed E-state index contributed by atoms with van der Waals surface area (Å²) in [5.74, 6) is 0.496. The van der Waals surface area contributed by atoms with E-state index in [9.17, 15) is 13.2 Å². The summed E-state index contributed by atoms with van der Waals surface area (Å²) >= 11 is 0. The molecular weight excluding hydrogens is 356 g/mol. The molecule has 8 nitrogen and oxygen atoms in total. The fraction of sp³-hybridized carbons (Fsp3) is 0.412. The number of nitrogens with one attached hydrogen (secondary N) is 1. The van der Waals surface area contributed by atoms with E-state index in [2.05, 4.69) is 10.4 Å². The molecule has 0 unspecified atom stereocenters. The van der Waals surface area contributed by atoms with Crippen LogP contribution in [-0.4, -0.2) is 55.2 Å².